The maximum atomic E-state index is 14.4. The number of aliphatic hydroxyl groups excluding tert-OH is 2. The van der Waals surface area contributed by atoms with E-state index in [1.165, 1.54) is 14.0 Å². The molecule has 0 aromatic rings. The van der Waals surface area contributed by atoms with Crippen LogP contribution in [-0.2, 0) is 38.0 Å². The average Bonchev–Trinajstić information content (AvgIpc) is 3.52. The first-order chi connectivity index (χ1) is 28.5. The van der Waals surface area contributed by atoms with Gasteiger partial charge in [-0.15, -0.1) is 0 Å². The lowest BCUT2D eigenvalue weighted by Crippen LogP contribution is -2.60. The summed E-state index contributed by atoms with van der Waals surface area (Å²) < 4.78 is 45.2. The third-order valence-corrected chi connectivity index (χ3v) is 14.3. The fraction of sp³-hybridized carbons (Fsp3) is 0.956. The predicted octanol–water partition coefficient (Wildman–Crippen LogP) is 3.40. The Morgan fingerprint density at radius 1 is 0.918 bits per heavy atom. The monoisotopic (exact) mass is 873 g/mol. The highest BCUT2D eigenvalue weighted by Crippen LogP contribution is 2.41. The number of hydrogen-bond acceptors (Lipinski definition) is 15. The topological polar surface area (TPSA) is 185 Å². The molecule has 0 aromatic heterocycles. The molecule has 0 aromatic carbocycles. The summed E-state index contributed by atoms with van der Waals surface area (Å²) in [5, 5.41) is 47.3. The number of nitrogens with zero attached hydrogens (tertiary/aromatic N) is 4. The molecule has 0 aliphatic carbocycles. The van der Waals surface area contributed by atoms with E-state index in [1.54, 1.807) is 34.6 Å². The van der Waals surface area contributed by atoms with Gasteiger partial charge in [0.1, 0.15) is 23.9 Å². The number of carbonyl (C=O) groups excluding carboxylic acids is 1. The number of ether oxygens (including phenoxy) is 7. The van der Waals surface area contributed by atoms with Gasteiger partial charge >= 0.3 is 5.97 Å². The number of fused-ring (bicyclic) bond motifs is 1. The smallest absolute Gasteiger partial charge is 0.311 e. The molecule has 0 saturated carbocycles. The molecule has 16 nitrogen and oxygen atoms in total. The van der Waals surface area contributed by atoms with Crippen molar-refractivity contribution in [3.8, 4) is 0 Å². The van der Waals surface area contributed by atoms with E-state index in [9.17, 15) is 25.2 Å². The van der Waals surface area contributed by atoms with Crippen molar-refractivity contribution in [3.05, 3.63) is 0 Å². The molecule has 4 N–H and O–H groups in total. The molecule has 61 heavy (non-hydrogen) atoms. The van der Waals surface area contributed by atoms with Gasteiger partial charge < -0.3 is 68.3 Å². The summed E-state index contributed by atoms with van der Waals surface area (Å²) in [7, 11) is 5.38. The molecule has 4 heterocycles. The number of aliphatic hydroxyl groups is 4. The van der Waals surface area contributed by atoms with Crippen molar-refractivity contribution in [2.45, 2.75) is 205 Å². The highest BCUT2D eigenvalue weighted by atomic mass is 16.7. The van der Waals surface area contributed by atoms with Gasteiger partial charge in [-0.3, -0.25) is 4.79 Å². The van der Waals surface area contributed by atoms with Crippen molar-refractivity contribution in [2.24, 2.45) is 22.7 Å². The van der Waals surface area contributed by atoms with E-state index in [-0.39, 0.29) is 37.3 Å². The Kier molecular flexibility index (Phi) is 18.3. The van der Waals surface area contributed by atoms with Crippen molar-refractivity contribution in [3.63, 3.8) is 0 Å². The largest absolute Gasteiger partial charge is 0.459 e. The third-order valence-electron chi connectivity index (χ3n) is 14.3. The number of likely N-dealkylation sites (N-methyl/N-ethyl adjacent to an activating group) is 2. The van der Waals surface area contributed by atoms with Crippen LogP contribution in [-0.4, -0.2) is 191 Å². The minimum Gasteiger partial charge on any atom is -0.459 e. The van der Waals surface area contributed by atoms with E-state index in [0.717, 1.165) is 26.1 Å². The number of rotatable bonds is 12. The molecule has 0 spiro atoms. The van der Waals surface area contributed by atoms with E-state index >= 15 is 0 Å². The molecule has 16 heteroatoms. The number of aliphatic imine (C=N–C) groups is 1. The van der Waals surface area contributed by atoms with Gasteiger partial charge in [-0.05, 0) is 107 Å². The van der Waals surface area contributed by atoms with Gasteiger partial charge in [-0.25, -0.2) is 4.99 Å². The molecule has 4 aliphatic heterocycles. The average molecular weight is 873 g/mol. The molecule has 4 saturated heterocycles. The molecule has 0 unspecified atom stereocenters. The Bertz CT molecular complexity index is 1420. The minimum atomic E-state index is -1.80. The first-order valence-electron chi connectivity index (χ1n) is 23.0. The van der Waals surface area contributed by atoms with Crippen LogP contribution in [0.4, 0.5) is 0 Å². The predicted molar refractivity (Wildman–Crippen MR) is 232 cm³/mol. The standard InChI is InChI=1S/C45H84N4O12/c1-16-33-45(12,54)37(50)30(8)47(13)25-26(4)23-43(10,53)39(28(6)35(29(7)40(52)58-33)59-34-24-44(11,55-15)38(51)31(9)57-34)61-41-36-32(22-27(5)56-41)48(14)42(60-36)46-20-19-21-49(17-2)18-3/h26-39,41,50-51,53-54H,16-25H2,1-15H3/t26-,27-,28+,29-,30-,31+,32+,33-,34+,35+,36-,37-,38+,39-,41+,43-,44-,45-/m1/s1. The Hall–Kier alpha value is -1.70. The summed E-state index contributed by atoms with van der Waals surface area (Å²) in [5.41, 5.74) is -4.35. The number of amidine groups is 1. The highest BCUT2D eigenvalue weighted by molar-refractivity contribution is 5.76. The van der Waals surface area contributed by atoms with Crippen LogP contribution >= 0.6 is 0 Å². The quantitative estimate of drug-likeness (QED) is 0.165. The highest BCUT2D eigenvalue weighted by Gasteiger charge is 2.54. The van der Waals surface area contributed by atoms with Gasteiger partial charge in [0.25, 0.3) is 6.02 Å². The van der Waals surface area contributed by atoms with Crippen LogP contribution in [0.5, 0.6) is 0 Å². The van der Waals surface area contributed by atoms with Crippen LogP contribution in [0.3, 0.4) is 0 Å². The Morgan fingerprint density at radius 3 is 2.18 bits per heavy atom. The number of esters is 1. The third kappa shape index (κ3) is 12.0. The summed E-state index contributed by atoms with van der Waals surface area (Å²) >= 11 is 0. The molecule has 0 radical (unpaired) electrons. The van der Waals surface area contributed by atoms with E-state index in [0.29, 0.717) is 25.5 Å². The number of cyclic esters (lactones) is 1. The second kappa shape index (κ2) is 21.5. The van der Waals surface area contributed by atoms with Crippen LogP contribution in [0.25, 0.3) is 0 Å². The first kappa shape index (κ1) is 51.9. The van der Waals surface area contributed by atoms with Crippen molar-refractivity contribution >= 4 is 12.0 Å². The molecule has 4 rings (SSSR count). The zero-order chi connectivity index (χ0) is 45.8. The van der Waals surface area contributed by atoms with E-state index in [1.807, 2.05) is 46.7 Å². The SMILES string of the molecule is CC[C@H]1OC(=O)[C@H](C)[C@@H](O[C@H]2C[C@@](C)(OC)[C@@H](O)[C@H](C)O2)[C@H](C)[C@@H](O[C@@H]2O[C@H](C)C[C@H]3[C@H]2OC(=NCCCN(CC)CC)N3C)[C@](C)(O)C[C@@H](C)CN(C)[C@H](C)[C@@H](O)[C@]1(C)O. The van der Waals surface area contributed by atoms with Crippen molar-refractivity contribution < 1.29 is 58.4 Å². The number of carbonyl (C=O) groups is 1. The van der Waals surface area contributed by atoms with Crippen LogP contribution in [0, 0.1) is 17.8 Å². The Morgan fingerprint density at radius 2 is 1.57 bits per heavy atom. The fourth-order valence-electron chi connectivity index (χ4n) is 10.2. The zero-order valence-corrected chi connectivity index (χ0v) is 40.1. The maximum absolute atomic E-state index is 14.4. The summed E-state index contributed by atoms with van der Waals surface area (Å²) in [4.78, 5) is 25.7. The van der Waals surface area contributed by atoms with E-state index in [4.69, 9.17) is 38.2 Å². The van der Waals surface area contributed by atoms with Crippen LogP contribution < -0.4 is 0 Å². The Balaban J connectivity index is 1.78. The molecular weight excluding hydrogens is 789 g/mol. The Labute approximate surface area is 366 Å². The lowest BCUT2D eigenvalue weighted by atomic mass is 9.77. The molecule has 4 fully saturated rings. The second-order valence-electron chi connectivity index (χ2n) is 19.4. The molecule has 0 amide bonds. The van der Waals surface area contributed by atoms with Gasteiger partial charge in [0.15, 0.2) is 18.7 Å². The van der Waals surface area contributed by atoms with Gasteiger partial charge in [0.2, 0.25) is 0 Å². The van der Waals surface area contributed by atoms with Crippen molar-refractivity contribution in [1.29, 1.82) is 0 Å². The normalized spacial score (nSPS) is 45.6. The zero-order valence-electron chi connectivity index (χ0n) is 40.1. The van der Waals surface area contributed by atoms with Gasteiger partial charge in [-0.2, -0.15) is 0 Å². The first-order valence-corrected chi connectivity index (χ1v) is 23.0. The molecule has 0 bridgehead atoms. The summed E-state index contributed by atoms with van der Waals surface area (Å²) in [6.45, 7) is 26.3. The second-order valence-corrected chi connectivity index (χ2v) is 19.4. The van der Waals surface area contributed by atoms with Crippen molar-refractivity contribution in [2.75, 3.05) is 53.9 Å². The van der Waals surface area contributed by atoms with Gasteiger partial charge in [-0.1, -0.05) is 34.6 Å². The fourth-order valence-corrected chi connectivity index (χ4v) is 10.2. The molecule has 18 atom stereocenters. The summed E-state index contributed by atoms with van der Waals surface area (Å²) in [6.07, 6.45) is -6.36. The number of hydrogen-bond donors (Lipinski definition) is 4. The van der Waals surface area contributed by atoms with Crippen molar-refractivity contribution in [1.82, 2.24) is 14.7 Å². The van der Waals surface area contributed by atoms with Crippen LogP contribution in [0.15, 0.2) is 4.99 Å². The summed E-state index contributed by atoms with van der Waals surface area (Å²) in [6, 6.07) is -0.107. The minimum absolute atomic E-state index is 0.103. The van der Waals surface area contributed by atoms with Gasteiger partial charge in [0, 0.05) is 45.6 Å². The lowest BCUT2D eigenvalue weighted by molar-refractivity contribution is -0.313. The molecule has 4 aliphatic rings. The molecular formula is C45H84N4O12. The van der Waals surface area contributed by atoms with E-state index in [2.05, 4.69) is 23.6 Å². The van der Waals surface area contributed by atoms with Crippen LogP contribution in [0.2, 0.25) is 0 Å². The van der Waals surface area contributed by atoms with Crippen LogP contribution in [0.1, 0.15) is 115 Å². The molecule has 356 valence electrons. The maximum Gasteiger partial charge on any atom is 0.311 e. The van der Waals surface area contributed by atoms with Gasteiger partial charge in [0.05, 0.1) is 47.6 Å². The summed E-state index contributed by atoms with van der Waals surface area (Å²) in [5.74, 6) is -2.51. The van der Waals surface area contributed by atoms with E-state index < -0.39 is 96.0 Å². The number of methoxy groups -OCH3 is 1. The lowest BCUT2D eigenvalue weighted by Gasteiger charge is -2.48.